The number of aromatic nitrogens is 2. The fourth-order valence-corrected chi connectivity index (χ4v) is 2.05. The Morgan fingerprint density at radius 2 is 2.28 bits per heavy atom. The SMILES string of the molecule is O=c1n(CCNCc2ccco2)ccn1C1CC1. The molecule has 5 heteroatoms. The molecular weight excluding hydrogens is 230 g/mol. The van der Waals surface area contributed by atoms with Crippen LogP contribution in [0.5, 0.6) is 0 Å². The number of nitrogens with one attached hydrogen (secondary N) is 1. The molecule has 0 aromatic carbocycles. The molecule has 0 aliphatic heterocycles. The highest BCUT2D eigenvalue weighted by atomic mass is 16.3. The number of rotatable bonds is 6. The van der Waals surface area contributed by atoms with Crippen LogP contribution >= 0.6 is 0 Å². The molecule has 1 N–H and O–H groups in total. The van der Waals surface area contributed by atoms with Gasteiger partial charge in [-0.2, -0.15) is 0 Å². The van der Waals surface area contributed by atoms with E-state index in [1.54, 1.807) is 10.8 Å². The van der Waals surface area contributed by atoms with E-state index in [-0.39, 0.29) is 5.69 Å². The van der Waals surface area contributed by atoms with Crippen LogP contribution in [0.3, 0.4) is 0 Å². The van der Waals surface area contributed by atoms with Gasteiger partial charge in [-0.1, -0.05) is 0 Å². The van der Waals surface area contributed by atoms with E-state index in [4.69, 9.17) is 4.42 Å². The summed E-state index contributed by atoms with van der Waals surface area (Å²) < 4.78 is 8.82. The summed E-state index contributed by atoms with van der Waals surface area (Å²) in [6, 6.07) is 4.26. The van der Waals surface area contributed by atoms with Crippen molar-refractivity contribution >= 4 is 0 Å². The number of hydrogen-bond donors (Lipinski definition) is 1. The molecule has 0 saturated heterocycles. The molecule has 2 heterocycles. The van der Waals surface area contributed by atoms with E-state index in [1.165, 1.54) is 0 Å². The second kappa shape index (κ2) is 4.86. The van der Waals surface area contributed by atoms with Gasteiger partial charge in [-0.15, -0.1) is 0 Å². The van der Waals surface area contributed by atoms with Crippen molar-refractivity contribution in [2.45, 2.75) is 32.0 Å². The average Bonchev–Trinajstić information content (AvgIpc) is 2.95. The van der Waals surface area contributed by atoms with Crippen molar-refractivity contribution in [1.82, 2.24) is 14.5 Å². The first kappa shape index (κ1) is 11.3. The lowest BCUT2D eigenvalue weighted by molar-refractivity contribution is 0.473. The van der Waals surface area contributed by atoms with Crippen molar-refractivity contribution in [3.63, 3.8) is 0 Å². The van der Waals surface area contributed by atoms with E-state index >= 15 is 0 Å². The van der Waals surface area contributed by atoms with Crippen LogP contribution in [0, 0.1) is 0 Å². The molecule has 0 bridgehead atoms. The largest absolute Gasteiger partial charge is 0.468 e. The second-order valence-electron chi connectivity index (χ2n) is 4.67. The van der Waals surface area contributed by atoms with Crippen molar-refractivity contribution in [3.05, 3.63) is 47.0 Å². The van der Waals surface area contributed by atoms with Gasteiger partial charge in [-0.25, -0.2) is 4.79 Å². The highest BCUT2D eigenvalue weighted by molar-refractivity contribution is 4.97. The Morgan fingerprint density at radius 3 is 3.00 bits per heavy atom. The van der Waals surface area contributed by atoms with Crippen molar-refractivity contribution in [2.24, 2.45) is 0 Å². The molecule has 1 aliphatic rings. The van der Waals surface area contributed by atoms with Crippen molar-refractivity contribution in [1.29, 1.82) is 0 Å². The molecule has 0 atom stereocenters. The van der Waals surface area contributed by atoms with Crippen LogP contribution in [0.2, 0.25) is 0 Å². The zero-order valence-corrected chi connectivity index (χ0v) is 10.2. The van der Waals surface area contributed by atoms with Crippen LogP contribution in [0.15, 0.2) is 40.0 Å². The molecule has 1 fully saturated rings. The van der Waals surface area contributed by atoms with Gasteiger partial charge in [0.15, 0.2) is 0 Å². The maximum Gasteiger partial charge on any atom is 0.328 e. The molecule has 0 radical (unpaired) electrons. The molecule has 0 amide bonds. The van der Waals surface area contributed by atoms with E-state index in [1.807, 2.05) is 29.1 Å². The quantitative estimate of drug-likeness (QED) is 0.784. The zero-order valence-electron chi connectivity index (χ0n) is 10.2. The lowest BCUT2D eigenvalue weighted by Gasteiger charge is -2.03. The minimum absolute atomic E-state index is 0.109. The van der Waals surface area contributed by atoms with Crippen LogP contribution < -0.4 is 11.0 Å². The van der Waals surface area contributed by atoms with E-state index in [2.05, 4.69) is 5.32 Å². The van der Waals surface area contributed by atoms with Gasteiger partial charge in [0.05, 0.1) is 12.8 Å². The zero-order chi connectivity index (χ0) is 12.4. The first-order valence-corrected chi connectivity index (χ1v) is 6.35. The Morgan fingerprint density at radius 1 is 1.39 bits per heavy atom. The first-order chi connectivity index (χ1) is 8.84. The fraction of sp³-hybridized carbons (Fsp3) is 0.462. The maximum atomic E-state index is 12.0. The Labute approximate surface area is 105 Å². The number of imidazole rings is 1. The van der Waals surface area contributed by atoms with Crippen LogP contribution in [-0.2, 0) is 13.1 Å². The molecule has 1 aliphatic carbocycles. The van der Waals surface area contributed by atoms with Gasteiger partial charge in [0.1, 0.15) is 5.76 Å². The number of hydrogen-bond acceptors (Lipinski definition) is 3. The predicted molar refractivity (Wildman–Crippen MR) is 67.4 cm³/mol. The van der Waals surface area contributed by atoms with Gasteiger partial charge in [-0.3, -0.25) is 9.13 Å². The highest BCUT2D eigenvalue weighted by Crippen LogP contribution is 2.33. The molecule has 1 saturated carbocycles. The Hall–Kier alpha value is -1.75. The van der Waals surface area contributed by atoms with Gasteiger partial charge in [0, 0.05) is 31.5 Å². The summed E-state index contributed by atoms with van der Waals surface area (Å²) in [6.07, 6.45) is 7.71. The third kappa shape index (κ3) is 2.41. The first-order valence-electron chi connectivity index (χ1n) is 6.35. The van der Waals surface area contributed by atoms with Gasteiger partial charge >= 0.3 is 5.69 Å². The lowest BCUT2D eigenvalue weighted by Crippen LogP contribution is -2.28. The molecule has 96 valence electrons. The predicted octanol–water partition coefficient (Wildman–Crippen LogP) is 1.37. The minimum atomic E-state index is 0.109. The average molecular weight is 247 g/mol. The summed E-state index contributed by atoms with van der Waals surface area (Å²) >= 11 is 0. The standard InChI is InChI=1S/C13H17N3O2/c17-13-15(7-8-16(13)11-3-4-11)6-5-14-10-12-2-1-9-18-12/h1-2,7-9,11,14H,3-6,10H2. The fourth-order valence-electron chi connectivity index (χ4n) is 2.05. The molecule has 0 unspecified atom stereocenters. The molecule has 0 spiro atoms. The molecule has 2 aromatic heterocycles. The minimum Gasteiger partial charge on any atom is -0.468 e. The van der Waals surface area contributed by atoms with E-state index in [0.717, 1.165) is 25.1 Å². The van der Waals surface area contributed by atoms with Crippen LogP contribution in [0.25, 0.3) is 0 Å². The van der Waals surface area contributed by atoms with Crippen LogP contribution in [0.1, 0.15) is 24.6 Å². The molecular formula is C13H17N3O2. The number of furan rings is 1. The topological polar surface area (TPSA) is 52.1 Å². The summed E-state index contributed by atoms with van der Waals surface area (Å²) in [5, 5.41) is 3.25. The molecule has 18 heavy (non-hydrogen) atoms. The molecule has 3 rings (SSSR count). The molecule has 2 aromatic rings. The van der Waals surface area contributed by atoms with Gasteiger partial charge in [-0.05, 0) is 25.0 Å². The van der Waals surface area contributed by atoms with Crippen molar-refractivity contribution in [2.75, 3.05) is 6.54 Å². The van der Waals surface area contributed by atoms with Crippen LogP contribution in [0.4, 0.5) is 0 Å². The summed E-state index contributed by atoms with van der Waals surface area (Å²) in [7, 11) is 0. The Balaban J connectivity index is 1.49. The van der Waals surface area contributed by atoms with Crippen molar-refractivity contribution < 1.29 is 4.42 Å². The normalized spacial score (nSPS) is 15.1. The summed E-state index contributed by atoms with van der Waals surface area (Å²) in [5.74, 6) is 0.915. The summed E-state index contributed by atoms with van der Waals surface area (Å²) in [5.41, 5.74) is 0.109. The third-order valence-corrected chi connectivity index (χ3v) is 3.22. The van der Waals surface area contributed by atoms with Gasteiger partial charge < -0.3 is 9.73 Å². The number of nitrogens with zero attached hydrogens (tertiary/aromatic N) is 2. The molecule has 5 nitrogen and oxygen atoms in total. The smallest absolute Gasteiger partial charge is 0.328 e. The van der Waals surface area contributed by atoms with Crippen LogP contribution in [-0.4, -0.2) is 15.7 Å². The Kier molecular flexibility index (Phi) is 3.06. The van der Waals surface area contributed by atoms with Gasteiger partial charge in [0.2, 0.25) is 0 Å². The van der Waals surface area contributed by atoms with E-state index < -0.39 is 0 Å². The van der Waals surface area contributed by atoms with Gasteiger partial charge in [0.25, 0.3) is 0 Å². The maximum absolute atomic E-state index is 12.0. The van der Waals surface area contributed by atoms with E-state index in [0.29, 0.717) is 19.1 Å². The Bertz CT molecular complexity index is 549. The van der Waals surface area contributed by atoms with Crippen molar-refractivity contribution in [3.8, 4) is 0 Å². The van der Waals surface area contributed by atoms with E-state index in [9.17, 15) is 4.79 Å². The third-order valence-electron chi connectivity index (χ3n) is 3.22. The highest BCUT2D eigenvalue weighted by Gasteiger charge is 2.25. The summed E-state index contributed by atoms with van der Waals surface area (Å²) in [4.78, 5) is 12.0. The lowest BCUT2D eigenvalue weighted by atomic mass is 10.4. The summed E-state index contributed by atoms with van der Waals surface area (Å²) in [6.45, 7) is 2.15. The second-order valence-corrected chi connectivity index (χ2v) is 4.67. The monoisotopic (exact) mass is 247 g/mol.